The summed E-state index contributed by atoms with van der Waals surface area (Å²) in [6, 6.07) is 0.749. The van der Waals surface area contributed by atoms with Crippen LogP contribution in [0, 0.1) is 6.92 Å². The van der Waals surface area contributed by atoms with Gasteiger partial charge in [-0.25, -0.2) is 0 Å². The number of hydrogen-bond donors (Lipinski definition) is 1. The molecule has 102 valence electrons. The van der Waals surface area contributed by atoms with Crippen LogP contribution >= 0.6 is 0 Å². The van der Waals surface area contributed by atoms with Crippen LogP contribution in [0.2, 0.25) is 0 Å². The maximum atomic E-state index is 4.57. The first-order chi connectivity index (χ1) is 8.63. The fourth-order valence-corrected chi connectivity index (χ4v) is 2.41. The fraction of sp³-hybridized carbons (Fsp3) is 0.786. The normalized spacial score (nSPS) is 15.1. The summed E-state index contributed by atoms with van der Waals surface area (Å²) in [4.78, 5) is 2.34. The van der Waals surface area contributed by atoms with Gasteiger partial charge in [-0.3, -0.25) is 4.68 Å². The summed E-state index contributed by atoms with van der Waals surface area (Å²) in [5.74, 6) is 1.27. The summed E-state index contributed by atoms with van der Waals surface area (Å²) in [6.45, 7) is 6.40. The van der Waals surface area contributed by atoms with Gasteiger partial charge < -0.3 is 10.2 Å². The van der Waals surface area contributed by atoms with Gasteiger partial charge in [0.05, 0.1) is 5.69 Å². The molecule has 1 aliphatic rings. The summed E-state index contributed by atoms with van der Waals surface area (Å²) in [5, 5.41) is 8.17. The molecule has 1 aromatic heterocycles. The van der Waals surface area contributed by atoms with Gasteiger partial charge in [0.15, 0.2) is 0 Å². The van der Waals surface area contributed by atoms with Crippen LogP contribution in [0.1, 0.15) is 43.9 Å². The van der Waals surface area contributed by atoms with Gasteiger partial charge in [-0.15, -0.1) is 0 Å². The SMILES string of the molecule is CCCCN(C)c1c(CNC2CC2)c(C)nn1C. The van der Waals surface area contributed by atoms with Crippen molar-refractivity contribution >= 4 is 5.82 Å². The van der Waals surface area contributed by atoms with E-state index in [-0.39, 0.29) is 0 Å². The van der Waals surface area contributed by atoms with Crippen LogP contribution in [0.15, 0.2) is 0 Å². The number of rotatable bonds is 7. The minimum atomic E-state index is 0.749. The molecule has 18 heavy (non-hydrogen) atoms. The van der Waals surface area contributed by atoms with Gasteiger partial charge in [0, 0.05) is 38.8 Å². The molecule has 0 aromatic carbocycles. The van der Waals surface area contributed by atoms with Crippen molar-refractivity contribution in [2.24, 2.45) is 7.05 Å². The maximum absolute atomic E-state index is 4.57. The third kappa shape index (κ3) is 3.05. The van der Waals surface area contributed by atoms with E-state index in [2.05, 4.69) is 36.2 Å². The fourth-order valence-electron chi connectivity index (χ4n) is 2.41. The number of aromatic nitrogens is 2. The van der Waals surface area contributed by atoms with Gasteiger partial charge in [-0.2, -0.15) is 5.10 Å². The number of anilines is 1. The Morgan fingerprint density at radius 3 is 2.78 bits per heavy atom. The molecule has 0 unspecified atom stereocenters. The monoisotopic (exact) mass is 250 g/mol. The molecule has 0 aliphatic heterocycles. The molecule has 2 rings (SSSR count). The predicted molar refractivity (Wildman–Crippen MR) is 76.0 cm³/mol. The van der Waals surface area contributed by atoms with E-state index in [1.54, 1.807) is 0 Å². The standard InChI is InChI=1S/C14H26N4/c1-5-6-9-17(3)14-13(10-15-12-7-8-12)11(2)16-18(14)4/h12,15H,5-10H2,1-4H3. The molecule has 0 bridgehead atoms. The lowest BCUT2D eigenvalue weighted by Crippen LogP contribution is -2.24. The Morgan fingerprint density at radius 2 is 2.17 bits per heavy atom. The van der Waals surface area contributed by atoms with Gasteiger partial charge in [0.1, 0.15) is 5.82 Å². The second kappa shape index (κ2) is 5.74. The van der Waals surface area contributed by atoms with E-state index in [1.165, 1.54) is 37.1 Å². The quantitative estimate of drug-likeness (QED) is 0.805. The van der Waals surface area contributed by atoms with E-state index in [0.29, 0.717) is 0 Å². The molecule has 4 nitrogen and oxygen atoms in total. The highest BCUT2D eigenvalue weighted by molar-refractivity contribution is 5.49. The number of unbranched alkanes of at least 4 members (excludes halogenated alkanes) is 1. The summed E-state index contributed by atoms with van der Waals surface area (Å²) in [7, 11) is 4.22. The first kappa shape index (κ1) is 13.4. The van der Waals surface area contributed by atoms with Crippen molar-refractivity contribution in [1.29, 1.82) is 0 Å². The number of nitrogens with zero attached hydrogens (tertiary/aromatic N) is 3. The van der Waals surface area contributed by atoms with Crippen LogP contribution < -0.4 is 10.2 Å². The Morgan fingerprint density at radius 1 is 1.44 bits per heavy atom. The maximum Gasteiger partial charge on any atom is 0.131 e. The molecule has 0 amide bonds. The van der Waals surface area contributed by atoms with E-state index in [4.69, 9.17) is 0 Å². The van der Waals surface area contributed by atoms with E-state index >= 15 is 0 Å². The van der Waals surface area contributed by atoms with Gasteiger partial charge in [-0.05, 0) is 26.2 Å². The summed E-state index contributed by atoms with van der Waals surface area (Å²) in [6.07, 6.45) is 5.13. The van der Waals surface area contributed by atoms with Crippen molar-refractivity contribution in [3.63, 3.8) is 0 Å². The molecule has 0 saturated heterocycles. The molecule has 0 spiro atoms. The second-order valence-electron chi connectivity index (χ2n) is 5.44. The van der Waals surface area contributed by atoms with Crippen molar-refractivity contribution in [3.05, 3.63) is 11.3 Å². The molecule has 4 heteroatoms. The molecule has 1 N–H and O–H groups in total. The van der Waals surface area contributed by atoms with Crippen LogP contribution in [0.5, 0.6) is 0 Å². The minimum absolute atomic E-state index is 0.749. The van der Waals surface area contributed by atoms with Crippen LogP contribution in [-0.4, -0.2) is 29.4 Å². The van der Waals surface area contributed by atoms with Gasteiger partial charge in [0.2, 0.25) is 0 Å². The summed E-state index contributed by atoms with van der Waals surface area (Å²) in [5.41, 5.74) is 2.52. The van der Waals surface area contributed by atoms with Crippen LogP contribution in [0.4, 0.5) is 5.82 Å². The Hall–Kier alpha value is -1.03. The van der Waals surface area contributed by atoms with Gasteiger partial charge in [0.25, 0.3) is 0 Å². The van der Waals surface area contributed by atoms with Crippen molar-refractivity contribution < 1.29 is 0 Å². The Labute approximate surface area is 110 Å². The Bertz CT molecular complexity index is 393. The highest BCUT2D eigenvalue weighted by Gasteiger charge is 2.23. The topological polar surface area (TPSA) is 33.1 Å². The average Bonchev–Trinajstić information content (AvgIpc) is 3.10. The lowest BCUT2D eigenvalue weighted by Gasteiger charge is -2.21. The molecule has 1 fully saturated rings. The average molecular weight is 250 g/mol. The number of hydrogen-bond acceptors (Lipinski definition) is 3. The third-order valence-electron chi connectivity index (χ3n) is 3.67. The molecule has 1 aliphatic carbocycles. The second-order valence-corrected chi connectivity index (χ2v) is 5.44. The molecule has 1 aromatic rings. The van der Waals surface area contributed by atoms with Crippen molar-refractivity contribution in [3.8, 4) is 0 Å². The lowest BCUT2D eigenvalue weighted by molar-refractivity contribution is 0.674. The highest BCUT2D eigenvalue weighted by atomic mass is 15.4. The molecule has 1 heterocycles. The first-order valence-electron chi connectivity index (χ1n) is 7.10. The van der Waals surface area contributed by atoms with Gasteiger partial charge in [-0.1, -0.05) is 13.3 Å². The summed E-state index contributed by atoms with van der Waals surface area (Å²) >= 11 is 0. The largest absolute Gasteiger partial charge is 0.360 e. The van der Waals surface area contributed by atoms with Crippen LogP contribution in [0.25, 0.3) is 0 Å². The smallest absolute Gasteiger partial charge is 0.131 e. The lowest BCUT2D eigenvalue weighted by atomic mass is 10.2. The number of nitrogens with one attached hydrogen (secondary N) is 1. The molecular weight excluding hydrogens is 224 g/mol. The Kier molecular flexibility index (Phi) is 4.27. The molecule has 1 saturated carbocycles. The third-order valence-corrected chi connectivity index (χ3v) is 3.67. The van der Waals surface area contributed by atoms with Crippen molar-refractivity contribution in [2.45, 2.75) is 52.1 Å². The Balaban J connectivity index is 2.09. The zero-order valence-electron chi connectivity index (χ0n) is 12.2. The molecule has 0 radical (unpaired) electrons. The van der Waals surface area contributed by atoms with E-state index in [1.807, 2.05) is 11.7 Å². The molecular formula is C14H26N4. The highest BCUT2D eigenvalue weighted by Crippen LogP contribution is 2.25. The zero-order chi connectivity index (χ0) is 13.1. The van der Waals surface area contributed by atoms with Crippen LogP contribution in [0.3, 0.4) is 0 Å². The van der Waals surface area contributed by atoms with Gasteiger partial charge >= 0.3 is 0 Å². The van der Waals surface area contributed by atoms with Crippen molar-refractivity contribution in [1.82, 2.24) is 15.1 Å². The van der Waals surface area contributed by atoms with Crippen molar-refractivity contribution in [2.75, 3.05) is 18.5 Å². The van der Waals surface area contributed by atoms with Crippen LogP contribution in [-0.2, 0) is 13.6 Å². The first-order valence-corrected chi connectivity index (χ1v) is 7.10. The predicted octanol–water partition coefficient (Wildman–Crippen LogP) is 2.22. The summed E-state index contributed by atoms with van der Waals surface area (Å²) < 4.78 is 2.02. The van der Waals surface area contributed by atoms with E-state index < -0.39 is 0 Å². The number of aryl methyl sites for hydroxylation is 2. The molecule has 0 atom stereocenters. The van der Waals surface area contributed by atoms with E-state index in [0.717, 1.165) is 24.8 Å². The van der Waals surface area contributed by atoms with E-state index in [9.17, 15) is 0 Å². The zero-order valence-corrected chi connectivity index (χ0v) is 12.2. The minimum Gasteiger partial charge on any atom is -0.360 e.